The highest BCUT2D eigenvalue weighted by atomic mass is 16.6. The minimum Gasteiger partial charge on any atom is -0.493 e. The summed E-state index contributed by atoms with van der Waals surface area (Å²) in [5, 5.41) is 1.12. The Morgan fingerprint density at radius 1 is 0.972 bits per heavy atom. The largest absolute Gasteiger partial charge is 0.493 e. The molecule has 0 spiro atoms. The number of hydrogen-bond donors (Lipinski definition) is 1. The van der Waals surface area contributed by atoms with E-state index < -0.39 is 0 Å². The molecule has 8 heteroatoms. The van der Waals surface area contributed by atoms with Crippen molar-refractivity contribution in [1.29, 1.82) is 0 Å². The summed E-state index contributed by atoms with van der Waals surface area (Å²) in [6.45, 7) is 6.20. The number of fused-ring (bicyclic) bond motifs is 1. The fourth-order valence-electron chi connectivity index (χ4n) is 4.96. The highest BCUT2D eigenvalue weighted by Crippen LogP contribution is 2.38. The van der Waals surface area contributed by atoms with Crippen molar-refractivity contribution in [2.24, 2.45) is 0 Å². The van der Waals surface area contributed by atoms with Crippen LogP contribution in [-0.2, 0) is 16.0 Å². The maximum absolute atomic E-state index is 13.5. The van der Waals surface area contributed by atoms with E-state index in [0.29, 0.717) is 50.7 Å². The van der Waals surface area contributed by atoms with Gasteiger partial charge in [0, 0.05) is 55.6 Å². The van der Waals surface area contributed by atoms with Crippen LogP contribution in [0.4, 0.5) is 4.79 Å². The molecule has 36 heavy (non-hydrogen) atoms. The number of carbonyl (C=O) groups excluding carboxylic acids is 2. The van der Waals surface area contributed by atoms with Crippen LogP contribution in [0.2, 0.25) is 0 Å². The number of amides is 2. The number of aryl methyl sites for hydroxylation is 1. The van der Waals surface area contributed by atoms with E-state index in [2.05, 4.69) is 30.1 Å². The molecule has 1 aliphatic rings. The Labute approximate surface area is 212 Å². The first-order valence-electron chi connectivity index (χ1n) is 12.5. The Bertz CT molecular complexity index is 1210. The molecular formula is C28H35N3O5. The molecule has 0 saturated carbocycles. The smallest absolute Gasteiger partial charge is 0.409 e. The van der Waals surface area contributed by atoms with Crippen LogP contribution in [0.3, 0.4) is 0 Å². The van der Waals surface area contributed by atoms with Crippen LogP contribution in [-0.4, -0.2) is 73.8 Å². The van der Waals surface area contributed by atoms with Gasteiger partial charge in [0.05, 0.1) is 20.8 Å². The first-order chi connectivity index (χ1) is 17.5. The quantitative estimate of drug-likeness (QED) is 0.497. The van der Waals surface area contributed by atoms with Crippen LogP contribution in [0.1, 0.15) is 42.9 Å². The number of nitrogens with zero attached hydrogens (tertiary/aromatic N) is 2. The normalized spacial score (nSPS) is 14.6. The Hall–Kier alpha value is -3.68. The lowest BCUT2D eigenvalue weighted by Crippen LogP contribution is -2.50. The second-order valence-corrected chi connectivity index (χ2v) is 8.88. The van der Waals surface area contributed by atoms with Crippen molar-refractivity contribution >= 4 is 22.9 Å². The number of methoxy groups -OCH3 is 2. The summed E-state index contributed by atoms with van der Waals surface area (Å²) in [4.78, 5) is 32.6. The summed E-state index contributed by atoms with van der Waals surface area (Å²) in [5.74, 6) is 1.15. The van der Waals surface area contributed by atoms with E-state index >= 15 is 0 Å². The van der Waals surface area contributed by atoms with Gasteiger partial charge in [-0.15, -0.1) is 0 Å². The molecule has 0 unspecified atom stereocenters. The molecule has 192 valence electrons. The van der Waals surface area contributed by atoms with Crippen LogP contribution >= 0.6 is 0 Å². The van der Waals surface area contributed by atoms with E-state index in [0.717, 1.165) is 28.5 Å². The van der Waals surface area contributed by atoms with Gasteiger partial charge in [0.25, 0.3) is 0 Å². The third-order valence-electron chi connectivity index (χ3n) is 6.94. The van der Waals surface area contributed by atoms with Crippen molar-refractivity contribution in [3.8, 4) is 11.5 Å². The minimum absolute atomic E-state index is 0.0549. The minimum atomic E-state index is -0.321. The average molecular weight is 494 g/mol. The molecule has 8 nitrogen and oxygen atoms in total. The standard InChI is InChI=1S/C28H35N3O5/c1-5-19-8-7-9-21-23(18-29-27(19)21)22(20-10-11-24(34-3)25(16-20)35-4)17-26(32)30-12-14-31(15-13-30)28(33)36-6-2/h7-11,16,18,22,29H,5-6,12-15,17H2,1-4H3/t22-/m0/s1. The number of aromatic amines is 1. The number of hydrogen-bond acceptors (Lipinski definition) is 5. The molecule has 1 fully saturated rings. The molecule has 0 aliphatic carbocycles. The Morgan fingerprint density at radius 3 is 2.36 bits per heavy atom. The number of aromatic nitrogens is 1. The number of H-pyrrole nitrogens is 1. The highest BCUT2D eigenvalue weighted by molar-refractivity contribution is 5.88. The number of para-hydroxylation sites is 1. The summed E-state index contributed by atoms with van der Waals surface area (Å²) in [5.41, 5.74) is 4.40. The maximum atomic E-state index is 13.5. The molecule has 1 aromatic heterocycles. The topological polar surface area (TPSA) is 84.1 Å². The number of ether oxygens (including phenoxy) is 3. The van der Waals surface area contributed by atoms with E-state index in [-0.39, 0.29) is 17.9 Å². The number of piperazine rings is 1. The van der Waals surface area contributed by atoms with Crippen molar-refractivity contribution in [1.82, 2.24) is 14.8 Å². The fraction of sp³-hybridized carbons (Fsp3) is 0.429. The molecule has 2 amide bonds. The van der Waals surface area contributed by atoms with E-state index in [1.54, 1.807) is 26.0 Å². The summed E-state index contributed by atoms with van der Waals surface area (Å²) in [7, 11) is 3.23. The van der Waals surface area contributed by atoms with Crippen LogP contribution in [0, 0.1) is 0 Å². The summed E-state index contributed by atoms with van der Waals surface area (Å²) < 4.78 is 16.1. The Balaban J connectivity index is 1.64. The van der Waals surface area contributed by atoms with E-state index in [4.69, 9.17) is 14.2 Å². The molecule has 3 aromatic rings. The maximum Gasteiger partial charge on any atom is 0.409 e. The molecule has 1 aliphatic heterocycles. The average Bonchev–Trinajstić information content (AvgIpc) is 3.35. The van der Waals surface area contributed by atoms with Crippen molar-refractivity contribution in [3.63, 3.8) is 0 Å². The van der Waals surface area contributed by atoms with Crippen molar-refractivity contribution in [3.05, 3.63) is 59.3 Å². The molecule has 0 radical (unpaired) electrons. The van der Waals surface area contributed by atoms with Gasteiger partial charge >= 0.3 is 6.09 Å². The van der Waals surface area contributed by atoms with Gasteiger partial charge in [-0.3, -0.25) is 4.79 Å². The van der Waals surface area contributed by atoms with Gasteiger partial charge in [-0.1, -0.05) is 31.2 Å². The summed E-state index contributed by atoms with van der Waals surface area (Å²) >= 11 is 0. The lowest BCUT2D eigenvalue weighted by Gasteiger charge is -2.34. The first-order valence-corrected chi connectivity index (χ1v) is 12.5. The van der Waals surface area contributed by atoms with E-state index in [1.165, 1.54) is 5.56 Å². The number of benzene rings is 2. The van der Waals surface area contributed by atoms with Crippen LogP contribution in [0.25, 0.3) is 10.9 Å². The van der Waals surface area contributed by atoms with Crippen molar-refractivity contribution < 1.29 is 23.8 Å². The molecule has 0 bridgehead atoms. The van der Waals surface area contributed by atoms with Gasteiger partial charge in [-0.25, -0.2) is 4.79 Å². The SMILES string of the molecule is CCOC(=O)N1CCN(C(=O)C[C@@H](c2ccc(OC)c(OC)c2)c2c[nH]c3c(CC)cccc23)CC1. The first kappa shape index (κ1) is 25.4. The van der Waals surface area contributed by atoms with Gasteiger partial charge in [0.2, 0.25) is 5.91 Å². The lowest BCUT2D eigenvalue weighted by molar-refractivity contribution is -0.133. The number of carbonyl (C=O) groups is 2. The van der Waals surface area contributed by atoms with Crippen molar-refractivity contribution in [2.45, 2.75) is 32.6 Å². The fourth-order valence-corrected chi connectivity index (χ4v) is 4.96. The summed E-state index contributed by atoms with van der Waals surface area (Å²) in [6.07, 6.45) is 2.93. The predicted octanol–water partition coefficient (Wildman–Crippen LogP) is 4.57. The zero-order valence-electron chi connectivity index (χ0n) is 21.5. The molecule has 1 atom stereocenters. The van der Waals surface area contributed by atoms with Crippen LogP contribution in [0.15, 0.2) is 42.6 Å². The lowest BCUT2D eigenvalue weighted by atomic mass is 9.87. The van der Waals surface area contributed by atoms with Gasteiger partial charge < -0.3 is 29.0 Å². The van der Waals surface area contributed by atoms with Gasteiger partial charge in [-0.2, -0.15) is 0 Å². The highest BCUT2D eigenvalue weighted by Gasteiger charge is 2.29. The summed E-state index contributed by atoms with van der Waals surface area (Å²) in [6, 6.07) is 12.1. The van der Waals surface area contributed by atoms with Crippen molar-refractivity contribution in [2.75, 3.05) is 47.0 Å². The molecule has 1 N–H and O–H groups in total. The van der Waals surface area contributed by atoms with E-state index in [9.17, 15) is 9.59 Å². The monoisotopic (exact) mass is 493 g/mol. The third-order valence-corrected chi connectivity index (χ3v) is 6.94. The molecule has 4 rings (SSSR count). The second kappa shape index (κ2) is 11.4. The predicted molar refractivity (Wildman–Crippen MR) is 139 cm³/mol. The second-order valence-electron chi connectivity index (χ2n) is 8.88. The Morgan fingerprint density at radius 2 is 1.69 bits per heavy atom. The molecule has 2 heterocycles. The number of nitrogens with one attached hydrogen (secondary N) is 1. The van der Waals surface area contributed by atoms with Gasteiger partial charge in [0.1, 0.15) is 0 Å². The zero-order chi connectivity index (χ0) is 25.7. The van der Waals surface area contributed by atoms with Gasteiger partial charge in [0.15, 0.2) is 11.5 Å². The Kier molecular flexibility index (Phi) is 8.03. The third kappa shape index (κ3) is 5.12. The molecular weight excluding hydrogens is 458 g/mol. The van der Waals surface area contributed by atoms with Gasteiger partial charge in [-0.05, 0) is 42.2 Å². The zero-order valence-corrected chi connectivity index (χ0v) is 21.5. The van der Waals surface area contributed by atoms with Crippen LogP contribution in [0.5, 0.6) is 11.5 Å². The molecule has 1 saturated heterocycles. The van der Waals surface area contributed by atoms with E-state index in [1.807, 2.05) is 29.3 Å². The molecule has 2 aromatic carbocycles. The van der Waals surface area contributed by atoms with Crippen LogP contribution < -0.4 is 9.47 Å². The number of rotatable bonds is 8.